The van der Waals surface area contributed by atoms with Gasteiger partial charge in [-0.3, -0.25) is 9.40 Å². The monoisotopic (exact) mass is 481 g/mol. The van der Waals surface area contributed by atoms with Crippen molar-refractivity contribution in [2.75, 3.05) is 25.5 Å². The highest BCUT2D eigenvalue weighted by molar-refractivity contribution is 7.93. The zero-order valence-electron chi connectivity index (χ0n) is 18.2. The number of hydrogen-bond acceptors (Lipinski definition) is 9. The Labute approximate surface area is 194 Å². The lowest BCUT2D eigenvalue weighted by Crippen LogP contribution is -2.15. The van der Waals surface area contributed by atoms with Crippen LogP contribution in [-0.4, -0.2) is 44.2 Å². The van der Waals surface area contributed by atoms with Gasteiger partial charge in [-0.1, -0.05) is 11.2 Å². The summed E-state index contributed by atoms with van der Waals surface area (Å²) < 4.78 is 52.6. The van der Waals surface area contributed by atoms with E-state index in [-0.39, 0.29) is 22.2 Å². The Hall–Kier alpha value is -4.24. The fraction of sp³-hybridized carbons (Fsp3) is 0.227. The molecule has 0 unspecified atom stereocenters. The van der Waals surface area contributed by atoms with Crippen molar-refractivity contribution in [2.45, 2.75) is 17.9 Å². The second-order valence-electron chi connectivity index (χ2n) is 7.48. The number of methoxy groups -OCH3 is 2. The third kappa shape index (κ3) is 3.56. The van der Waals surface area contributed by atoms with Crippen LogP contribution in [0.15, 0.2) is 46.1 Å². The van der Waals surface area contributed by atoms with Gasteiger partial charge in [0, 0.05) is 18.2 Å². The van der Waals surface area contributed by atoms with E-state index in [2.05, 4.69) is 21.0 Å². The van der Waals surface area contributed by atoms with Gasteiger partial charge in [-0.15, -0.1) is 0 Å². The van der Waals surface area contributed by atoms with E-state index >= 15 is 0 Å². The highest BCUT2D eigenvalue weighted by atomic mass is 32.2. The number of aromatic nitrogens is 3. The zero-order chi connectivity index (χ0) is 23.9. The molecule has 2 aromatic heterocycles. The molecule has 0 amide bonds. The summed E-state index contributed by atoms with van der Waals surface area (Å²) in [4.78, 5) is -0.155. The van der Waals surface area contributed by atoms with E-state index in [1.54, 1.807) is 23.0 Å². The Morgan fingerprint density at radius 1 is 1.26 bits per heavy atom. The summed E-state index contributed by atoms with van der Waals surface area (Å²) in [5, 5.41) is 17.6. The van der Waals surface area contributed by atoms with Crippen molar-refractivity contribution in [3.63, 3.8) is 0 Å². The largest absolute Gasteiger partial charge is 0.495 e. The molecule has 3 heterocycles. The Bertz CT molecular complexity index is 1530. The van der Waals surface area contributed by atoms with Crippen LogP contribution in [0.25, 0.3) is 11.0 Å². The van der Waals surface area contributed by atoms with Gasteiger partial charge in [0.05, 0.1) is 39.1 Å². The van der Waals surface area contributed by atoms with Crippen LogP contribution in [0.2, 0.25) is 0 Å². The molecule has 4 aromatic rings. The number of hydrogen-bond donors (Lipinski definition) is 1. The minimum absolute atomic E-state index is 0.00137. The number of nitriles is 1. The smallest absolute Gasteiger partial charge is 0.270 e. The van der Waals surface area contributed by atoms with Crippen LogP contribution >= 0.6 is 0 Å². The van der Waals surface area contributed by atoms with Crippen LogP contribution in [0.5, 0.6) is 17.2 Å². The molecule has 12 heteroatoms. The van der Waals surface area contributed by atoms with Gasteiger partial charge in [0.2, 0.25) is 0 Å². The van der Waals surface area contributed by atoms with Gasteiger partial charge in [0.15, 0.2) is 16.3 Å². The summed E-state index contributed by atoms with van der Waals surface area (Å²) in [6.45, 7) is 0.825. The summed E-state index contributed by atoms with van der Waals surface area (Å²) in [6, 6.07) is 8.51. The third-order valence-corrected chi connectivity index (χ3v) is 6.89. The average molecular weight is 481 g/mol. The molecule has 0 saturated heterocycles. The molecule has 0 radical (unpaired) electrons. The topological polar surface area (TPSA) is 141 Å². The van der Waals surface area contributed by atoms with Crippen LogP contribution < -0.4 is 18.9 Å². The van der Waals surface area contributed by atoms with E-state index in [1.807, 2.05) is 0 Å². The third-order valence-electron chi connectivity index (χ3n) is 5.49. The van der Waals surface area contributed by atoms with E-state index < -0.39 is 10.0 Å². The van der Waals surface area contributed by atoms with E-state index in [0.717, 1.165) is 11.1 Å². The predicted octanol–water partition coefficient (Wildman–Crippen LogP) is 2.70. The number of nitrogens with one attached hydrogen (secondary N) is 1. The molecule has 0 fully saturated rings. The Kier molecular flexibility index (Phi) is 5.25. The summed E-state index contributed by atoms with van der Waals surface area (Å²) >= 11 is 0. The van der Waals surface area contributed by atoms with Crippen molar-refractivity contribution >= 4 is 26.8 Å². The minimum atomic E-state index is -4.16. The molecule has 1 aliphatic heterocycles. The first-order valence-corrected chi connectivity index (χ1v) is 11.7. The van der Waals surface area contributed by atoms with Gasteiger partial charge >= 0.3 is 0 Å². The Morgan fingerprint density at radius 2 is 2.03 bits per heavy atom. The van der Waals surface area contributed by atoms with Crippen molar-refractivity contribution in [1.29, 1.82) is 5.26 Å². The first kappa shape index (κ1) is 21.6. The average Bonchev–Trinajstić information content (AvgIpc) is 3.58. The highest BCUT2D eigenvalue weighted by Crippen LogP contribution is 2.42. The first-order chi connectivity index (χ1) is 16.4. The molecule has 34 heavy (non-hydrogen) atoms. The van der Waals surface area contributed by atoms with Crippen molar-refractivity contribution in [2.24, 2.45) is 0 Å². The van der Waals surface area contributed by atoms with Crippen molar-refractivity contribution < 1.29 is 27.2 Å². The molecule has 11 nitrogen and oxygen atoms in total. The lowest BCUT2D eigenvalue weighted by atomic mass is 10.0. The molecule has 0 aliphatic carbocycles. The van der Waals surface area contributed by atoms with Crippen LogP contribution in [-0.2, 0) is 23.0 Å². The zero-order valence-corrected chi connectivity index (χ0v) is 19.0. The van der Waals surface area contributed by atoms with Crippen LogP contribution in [0.1, 0.15) is 16.7 Å². The minimum Gasteiger partial charge on any atom is -0.495 e. The van der Waals surface area contributed by atoms with E-state index in [4.69, 9.17) is 24.0 Å². The normalized spacial score (nSPS) is 12.7. The number of anilines is 1. The Morgan fingerprint density at radius 3 is 2.71 bits per heavy atom. The highest BCUT2D eigenvalue weighted by Gasteiger charge is 2.30. The van der Waals surface area contributed by atoms with Crippen LogP contribution in [0, 0.1) is 11.3 Å². The van der Waals surface area contributed by atoms with Gasteiger partial charge in [0.25, 0.3) is 10.0 Å². The maximum atomic E-state index is 13.3. The van der Waals surface area contributed by atoms with E-state index in [1.165, 1.54) is 32.5 Å². The molecule has 0 bridgehead atoms. The fourth-order valence-corrected chi connectivity index (χ4v) is 5.33. The molecule has 174 valence electrons. The molecule has 0 saturated carbocycles. The van der Waals surface area contributed by atoms with Crippen LogP contribution in [0.4, 0.5) is 5.82 Å². The standard InChI is InChI=1S/C22H19N5O6S/c1-30-16-4-3-5-17(31-2)21(16)34(28,29)26-22-19-18(33-25-22)8-14(15-6-7-32-20(15)19)12-27-11-13(9-23)10-24-27/h3-5,8,10-11H,6-7,12H2,1-2H3,(H,25,26). The fourth-order valence-electron chi connectivity index (χ4n) is 4.00. The molecule has 1 N–H and O–H groups in total. The van der Waals surface area contributed by atoms with Crippen molar-refractivity contribution in [1.82, 2.24) is 14.9 Å². The van der Waals surface area contributed by atoms with Gasteiger partial charge in [0.1, 0.15) is 28.7 Å². The molecule has 0 atom stereocenters. The molecule has 1 aliphatic rings. The van der Waals surface area contributed by atoms with Gasteiger partial charge in [-0.25, -0.2) is 8.42 Å². The number of ether oxygens (including phenoxy) is 3. The number of fused-ring (bicyclic) bond motifs is 3. The summed E-state index contributed by atoms with van der Waals surface area (Å²) in [5.74, 6) is 0.753. The van der Waals surface area contributed by atoms with Crippen molar-refractivity contribution in [3.8, 4) is 23.3 Å². The molecule has 2 aromatic carbocycles. The van der Waals surface area contributed by atoms with Gasteiger partial charge < -0.3 is 18.7 Å². The molecule has 5 rings (SSSR count). The van der Waals surface area contributed by atoms with Crippen molar-refractivity contribution in [3.05, 3.63) is 53.3 Å². The summed E-state index contributed by atoms with van der Waals surface area (Å²) in [5.41, 5.74) is 2.59. The van der Waals surface area contributed by atoms with E-state index in [9.17, 15) is 8.42 Å². The summed E-state index contributed by atoms with van der Waals surface area (Å²) in [7, 11) is -1.41. The number of sulfonamides is 1. The predicted molar refractivity (Wildman–Crippen MR) is 120 cm³/mol. The number of benzene rings is 2. The lowest BCUT2D eigenvalue weighted by Gasteiger charge is -2.14. The first-order valence-electron chi connectivity index (χ1n) is 10.2. The molecular weight excluding hydrogens is 462 g/mol. The maximum Gasteiger partial charge on any atom is 0.270 e. The van der Waals surface area contributed by atoms with Gasteiger partial charge in [-0.05, 0) is 23.8 Å². The SMILES string of the molecule is COc1cccc(OC)c1S(=O)(=O)Nc1noc2cc(Cn3cc(C#N)cn3)c3c(c12)OCC3. The maximum absolute atomic E-state index is 13.3. The second-order valence-corrected chi connectivity index (χ2v) is 9.10. The quantitative estimate of drug-likeness (QED) is 0.421. The van der Waals surface area contributed by atoms with Crippen LogP contribution in [0.3, 0.4) is 0 Å². The molecular formula is C22H19N5O6S. The summed E-state index contributed by atoms with van der Waals surface area (Å²) in [6.07, 6.45) is 3.76. The lowest BCUT2D eigenvalue weighted by molar-refractivity contribution is 0.360. The van der Waals surface area contributed by atoms with E-state index in [0.29, 0.717) is 41.9 Å². The Balaban J connectivity index is 1.57. The number of rotatable bonds is 7. The molecule has 0 spiro atoms. The second kappa shape index (κ2) is 8.27. The van der Waals surface area contributed by atoms with Gasteiger partial charge in [-0.2, -0.15) is 10.4 Å². The number of nitrogens with zero attached hydrogens (tertiary/aromatic N) is 4.